The lowest BCUT2D eigenvalue weighted by Crippen LogP contribution is -1.90. The molecule has 0 aliphatic rings. The summed E-state index contributed by atoms with van der Waals surface area (Å²) in [5, 5.41) is 2.43. The van der Waals surface area contributed by atoms with Gasteiger partial charge in [0.1, 0.15) is 11.0 Å². The van der Waals surface area contributed by atoms with E-state index < -0.39 is 0 Å². The van der Waals surface area contributed by atoms with Crippen LogP contribution in [-0.4, -0.2) is 8.75 Å². The van der Waals surface area contributed by atoms with Crippen LogP contribution in [0.25, 0.3) is 44.1 Å². The van der Waals surface area contributed by atoms with Crippen molar-refractivity contribution < 1.29 is 0 Å². The van der Waals surface area contributed by atoms with Crippen molar-refractivity contribution in [1.82, 2.24) is 8.75 Å². The first-order valence-electron chi connectivity index (χ1n) is 8.21. The third-order valence-electron chi connectivity index (χ3n) is 4.55. The summed E-state index contributed by atoms with van der Waals surface area (Å²) in [6.07, 6.45) is 0. The minimum atomic E-state index is 0.980. The number of benzene rings is 4. The van der Waals surface area contributed by atoms with Gasteiger partial charge >= 0.3 is 0 Å². The molecule has 4 aromatic carbocycles. The van der Waals surface area contributed by atoms with Crippen LogP contribution in [0.4, 0.5) is 0 Å². The van der Waals surface area contributed by atoms with Crippen LogP contribution in [0, 0.1) is 0 Å². The Labute approximate surface area is 149 Å². The third kappa shape index (κ3) is 2.24. The predicted molar refractivity (Wildman–Crippen MR) is 106 cm³/mol. The van der Waals surface area contributed by atoms with Gasteiger partial charge in [0.2, 0.25) is 0 Å². The zero-order valence-corrected chi connectivity index (χ0v) is 14.2. The van der Waals surface area contributed by atoms with Gasteiger partial charge in [-0.25, -0.2) is 0 Å². The van der Waals surface area contributed by atoms with E-state index >= 15 is 0 Å². The monoisotopic (exact) mass is 338 g/mol. The van der Waals surface area contributed by atoms with Gasteiger partial charge in [-0.05, 0) is 21.9 Å². The maximum absolute atomic E-state index is 4.66. The Hall–Kier alpha value is -3.04. The fourth-order valence-electron chi connectivity index (χ4n) is 3.48. The molecule has 0 fully saturated rings. The molecular formula is C22H14N2S. The van der Waals surface area contributed by atoms with E-state index in [1.165, 1.54) is 44.8 Å². The Morgan fingerprint density at radius 3 is 1.32 bits per heavy atom. The van der Waals surface area contributed by atoms with E-state index in [1.54, 1.807) is 0 Å². The maximum atomic E-state index is 4.66. The van der Waals surface area contributed by atoms with Gasteiger partial charge in [0, 0.05) is 11.1 Å². The molecule has 0 atom stereocenters. The molecule has 0 saturated heterocycles. The Morgan fingerprint density at radius 1 is 0.480 bits per heavy atom. The number of rotatable bonds is 2. The molecule has 0 radical (unpaired) electrons. The molecule has 5 rings (SSSR count). The van der Waals surface area contributed by atoms with Crippen LogP contribution in [0.1, 0.15) is 0 Å². The average Bonchev–Trinajstić information content (AvgIpc) is 3.16. The highest BCUT2D eigenvalue weighted by atomic mass is 32.1. The topological polar surface area (TPSA) is 25.8 Å². The lowest BCUT2D eigenvalue weighted by atomic mass is 9.90. The first-order chi connectivity index (χ1) is 12.4. The van der Waals surface area contributed by atoms with Crippen LogP contribution in [-0.2, 0) is 0 Å². The highest BCUT2D eigenvalue weighted by Crippen LogP contribution is 2.42. The first kappa shape index (κ1) is 14.3. The van der Waals surface area contributed by atoms with Crippen LogP contribution in [0.3, 0.4) is 0 Å². The Balaban J connectivity index is 2.00. The van der Waals surface area contributed by atoms with Crippen molar-refractivity contribution in [3.05, 3.63) is 84.9 Å². The van der Waals surface area contributed by atoms with E-state index in [4.69, 9.17) is 0 Å². The molecular weight excluding hydrogens is 324 g/mol. The SMILES string of the molecule is c1ccc(-c2c3ccccc3c(-c3ccccc3)c3nsnc23)cc1. The molecule has 0 bridgehead atoms. The van der Waals surface area contributed by atoms with Crippen molar-refractivity contribution >= 4 is 33.5 Å². The number of nitrogens with zero attached hydrogens (tertiary/aromatic N) is 2. The second kappa shape index (κ2) is 5.80. The van der Waals surface area contributed by atoms with Crippen molar-refractivity contribution in [3.63, 3.8) is 0 Å². The number of hydrogen-bond acceptors (Lipinski definition) is 3. The molecule has 3 heteroatoms. The molecule has 0 N–H and O–H groups in total. The Morgan fingerprint density at radius 2 is 0.880 bits per heavy atom. The van der Waals surface area contributed by atoms with E-state index in [-0.39, 0.29) is 0 Å². The van der Waals surface area contributed by atoms with Crippen LogP contribution in [0.2, 0.25) is 0 Å². The van der Waals surface area contributed by atoms with Crippen LogP contribution >= 0.6 is 11.7 Å². The zero-order valence-electron chi connectivity index (χ0n) is 13.4. The number of hydrogen-bond donors (Lipinski definition) is 0. The zero-order chi connectivity index (χ0) is 16.6. The second-order valence-corrected chi connectivity index (χ2v) is 6.52. The summed E-state index contributed by atoms with van der Waals surface area (Å²) < 4.78 is 9.32. The molecule has 0 aliphatic carbocycles. The second-order valence-electron chi connectivity index (χ2n) is 5.99. The van der Waals surface area contributed by atoms with Gasteiger partial charge in [0.05, 0.1) is 11.7 Å². The average molecular weight is 338 g/mol. The number of aromatic nitrogens is 2. The molecule has 5 aromatic rings. The molecule has 118 valence electrons. The van der Waals surface area contributed by atoms with Gasteiger partial charge in [-0.1, -0.05) is 84.9 Å². The van der Waals surface area contributed by atoms with Crippen LogP contribution < -0.4 is 0 Å². The van der Waals surface area contributed by atoms with Crippen molar-refractivity contribution in [1.29, 1.82) is 0 Å². The summed E-state index contributed by atoms with van der Waals surface area (Å²) >= 11 is 1.28. The first-order valence-corrected chi connectivity index (χ1v) is 8.94. The van der Waals surface area contributed by atoms with E-state index in [2.05, 4.69) is 81.5 Å². The summed E-state index contributed by atoms with van der Waals surface area (Å²) in [5.74, 6) is 0. The highest BCUT2D eigenvalue weighted by molar-refractivity contribution is 7.00. The summed E-state index contributed by atoms with van der Waals surface area (Å²) in [4.78, 5) is 0. The van der Waals surface area contributed by atoms with Gasteiger partial charge in [-0.2, -0.15) is 8.75 Å². The summed E-state index contributed by atoms with van der Waals surface area (Å²) in [7, 11) is 0. The van der Waals surface area contributed by atoms with Gasteiger partial charge in [-0.15, -0.1) is 0 Å². The molecule has 0 unspecified atom stereocenters. The van der Waals surface area contributed by atoms with Gasteiger partial charge in [0.15, 0.2) is 0 Å². The Bertz CT molecular complexity index is 1090. The molecule has 25 heavy (non-hydrogen) atoms. The summed E-state index contributed by atoms with van der Waals surface area (Å²) in [6, 6.07) is 29.5. The largest absolute Gasteiger partial charge is 0.172 e. The standard InChI is InChI=1S/C22H14N2S/c1-3-9-15(10-4-1)19-17-13-7-8-14-18(17)20(16-11-5-2-6-12-16)22-21(19)23-25-24-22/h1-14H. The molecule has 0 amide bonds. The van der Waals surface area contributed by atoms with Gasteiger partial charge in [-0.3, -0.25) is 0 Å². The lowest BCUT2D eigenvalue weighted by Gasteiger charge is -2.13. The van der Waals surface area contributed by atoms with Crippen molar-refractivity contribution in [2.24, 2.45) is 0 Å². The highest BCUT2D eigenvalue weighted by Gasteiger charge is 2.18. The fourth-order valence-corrected chi connectivity index (χ4v) is 4.04. The number of fused-ring (bicyclic) bond motifs is 2. The van der Waals surface area contributed by atoms with Crippen LogP contribution in [0.15, 0.2) is 84.9 Å². The van der Waals surface area contributed by atoms with E-state index in [9.17, 15) is 0 Å². The molecule has 0 spiro atoms. The quantitative estimate of drug-likeness (QED) is 0.384. The molecule has 1 aromatic heterocycles. The smallest absolute Gasteiger partial charge is 0.113 e. The normalized spacial score (nSPS) is 11.2. The Kier molecular flexibility index (Phi) is 3.32. The van der Waals surface area contributed by atoms with E-state index in [0.29, 0.717) is 0 Å². The lowest BCUT2D eigenvalue weighted by molar-refractivity contribution is 1.61. The van der Waals surface area contributed by atoms with E-state index in [0.717, 1.165) is 11.0 Å². The van der Waals surface area contributed by atoms with Crippen molar-refractivity contribution in [2.45, 2.75) is 0 Å². The van der Waals surface area contributed by atoms with Crippen LogP contribution in [0.5, 0.6) is 0 Å². The van der Waals surface area contributed by atoms with Gasteiger partial charge in [0.25, 0.3) is 0 Å². The summed E-state index contributed by atoms with van der Waals surface area (Å²) in [5.41, 5.74) is 6.65. The van der Waals surface area contributed by atoms with Crippen molar-refractivity contribution in [3.8, 4) is 22.3 Å². The molecule has 0 aliphatic heterocycles. The molecule has 1 heterocycles. The molecule has 2 nitrogen and oxygen atoms in total. The van der Waals surface area contributed by atoms with E-state index in [1.807, 2.05) is 12.1 Å². The minimum absolute atomic E-state index is 0.980. The fraction of sp³-hybridized carbons (Fsp3) is 0. The third-order valence-corrected chi connectivity index (χ3v) is 5.08. The maximum Gasteiger partial charge on any atom is 0.113 e. The predicted octanol–water partition coefficient (Wildman–Crippen LogP) is 6.18. The van der Waals surface area contributed by atoms with Crippen molar-refractivity contribution in [2.75, 3.05) is 0 Å². The summed E-state index contributed by atoms with van der Waals surface area (Å²) in [6.45, 7) is 0. The van der Waals surface area contributed by atoms with Gasteiger partial charge < -0.3 is 0 Å². The minimum Gasteiger partial charge on any atom is -0.172 e. The molecule has 0 saturated carbocycles.